The van der Waals surface area contributed by atoms with E-state index >= 15 is 0 Å². The fraction of sp³-hybridized carbons (Fsp3) is 0.471. The van der Waals surface area contributed by atoms with Crippen LogP contribution >= 0.6 is 0 Å². The van der Waals surface area contributed by atoms with Crippen LogP contribution in [0.25, 0.3) is 0 Å². The van der Waals surface area contributed by atoms with Gasteiger partial charge in [-0.15, -0.1) is 0 Å². The first-order valence-electron chi connectivity index (χ1n) is 7.50. The number of rotatable bonds is 8. The molecule has 0 amide bonds. The van der Waals surface area contributed by atoms with Crippen LogP contribution in [-0.2, 0) is 13.1 Å². The number of benzene rings is 1. The summed E-state index contributed by atoms with van der Waals surface area (Å²) in [6.45, 7) is 3.95. The normalized spacial score (nSPS) is 12.0. The molecule has 22 heavy (non-hydrogen) atoms. The van der Waals surface area contributed by atoms with Crippen molar-refractivity contribution < 1.29 is 10.2 Å². The Morgan fingerprint density at radius 2 is 1.82 bits per heavy atom. The van der Waals surface area contributed by atoms with Crippen molar-refractivity contribution in [3.05, 3.63) is 53.9 Å². The highest BCUT2D eigenvalue weighted by molar-refractivity contribution is 5.15. The molecule has 0 bridgehead atoms. The van der Waals surface area contributed by atoms with Gasteiger partial charge in [0.15, 0.2) is 0 Å². The van der Waals surface area contributed by atoms with E-state index in [4.69, 9.17) is 0 Å². The van der Waals surface area contributed by atoms with Gasteiger partial charge in [0.25, 0.3) is 0 Å². The molecule has 0 aliphatic carbocycles. The molecule has 5 heteroatoms. The van der Waals surface area contributed by atoms with Gasteiger partial charge in [-0.1, -0.05) is 37.3 Å². The summed E-state index contributed by atoms with van der Waals surface area (Å²) in [5.41, 5.74) is 1.87. The molecule has 0 aliphatic heterocycles. The molecule has 2 aromatic rings. The number of aliphatic hydroxyl groups is 2. The Morgan fingerprint density at radius 3 is 2.45 bits per heavy atom. The van der Waals surface area contributed by atoms with Crippen LogP contribution in [0, 0.1) is 5.41 Å². The minimum absolute atomic E-state index is 0.0267. The van der Waals surface area contributed by atoms with Crippen molar-refractivity contribution in [1.29, 1.82) is 0 Å². The maximum Gasteiger partial charge on any atom is 0.0659 e. The van der Waals surface area contributed by atoms with E-state index in [0.29, 0.717) is 6.54 Å². The van der Waals surface area contributed by atoms with Gasteiger partial charge < -0.3 is 15.1 Å². The van der Waals surface area contributed by atoms with Gasteiger partial charge in [0, 0.05) is 30.3 Å². The van der Waals surface area contributed by atoms with Gasteiger partial charge in [-0.2, -0.15) is 5.10 Å². The van der Waals surface area contributed by atoms with Crippen LogP contribution < -0.4 is 0 Å². The molecule has 120 valence electrons. The second kappa shape index (κ2) is 7.54. The van der Waals surface area contributed by atoms with E-state index in [1.54, 1.807) is 0 Å². The zero-order valence-corrected chi connectivity index (χ0v) is 13.3. The lowest BCUT2D eigenvalue weighted by molar-refractivity contribution is 0.0402. The Morgan fingerprint density at radius 1 is 1.14 bits per heavy atom. The number of aliphatic hydroxyl groups excluding tert-OH is 2. The molecule has 0 aliphatic rings. The summed E-state index contributed by atoms with van der Waals surface area (Å²) in [7, 11) is 1.98. The van der Waals surface area contributed by atoms with Gasteiger partial charge in [-0.25, -0.2) is 0 Å². The van der Waals surface area contributed by atoms with Crippen molar-refractivity contribution in [2.24, 2.45) is 5.41 Å². The van der Waals surface area contributed by atoms with Crippen LogP contribution in [0.1, 0.15) is 18.1 Å². The quantitative estimate of drug-likeness (QED) is 0.773. The molecule has 5 nitrogen and oxygen atoms in total. The Kier molecular flexibility index (Phi) is 5.71. The molecular weight excluding hydrogens is 278 g/mol. The highest BCUT2D eigenvalue weighted by Crippen LogP contribution is 2.17. The zero-order chi connectivity index (χ0) is 16.0. The predicted octanol–water partition coefficient (Wildman–Crippen LogP) is 1.35. The van der Waals surface area contributed by atoms with Crippen molar-refractivity contribution in [2.75, 3.05) is 26.8 Å². The summed E-state index contributed by atoms with van der Waals surface area (Å²) in [5.74, 6) is 0. The molecule has 1 heterocycles. The topological polar surface area (TPSA) is 61.5 Å². The smallest absolute Gasteiger partial charge is 0.0659 e. The van der Waals surface area contributed by atoms with Crippen molar-refractivity contribution in [2.45, 2.75) is 20.0 Å². The Bertz CT molecular complexity index is 564. The van der Waals surface area contributed by atoms with Crippen LogP contribution in [0.15, 0.2) is 42.7 Å². The molecule has 0 saturated heterocycles. The molecule has 2 N–H and O–H groups in total. The lowest BCUT2D eigenvalue weighted by Crippen LogP contribution is -2.38. The molecule has 1 aromatic carbocycles. The standard InChI is InChI=1S/C17H25N3O2/c1-17(13-21,14-22)12-19(2)9-16-8-18-20(11-16)10-15-6-4-3-5-7-15/h3-8,11,21-22H,9-10,12-14H2,1-2H3. The molecule has 0 unspecified atom stereocenters. The molecule has 0 atom stereocenters. The van der Waals surface area contributed by atoms with E-state index in [-0.39, 0.29) is 13.2 Å². The van der Waals surface area contributed by atoms with Gasteiger partial charge in [-0.3, -0.25) is 4.68 Å². The lowest BCUT2D eigenvalue weighted by atomic mass is 9.92. The van der Waals surface area contributed by atoms with Gasteiger partial charge in [-0.05, 0) is 12.6 Å². The van der Waals surface area contributed by atoms with Gasteiger partial charge in [0.1, 0.15) is 0 Å². The number of hydrogen-bond acceptors (Lipinski definition) is 4. The van der Waals surface area contributed by atoms with Crippen LogP contribution in [0.3, 0.4) is 0 Å². The maximum atomic E-state index is 9.37. The second-order valence-corrected chi connectivity index (χ2v) is 6.33. The van der Waals surface area contributed by atoms with Crippen LogP contribution in [-0.4, -0.2) is 51.7 Å². The molecule has 0 spiro atoms. The zero-order valence-electron chi connectivity index (χ0n) is 13.3. The minimum Gasteiger partial charge on any atom is -0.396 e. The summed E-state index contributed by atoms with van der Waals surface area (Å²) in [5, 5.41) is 23.1. The van der Waals surface area contributed by atoms with Gasteiger partial charge >= 0.3 is 0 Å². The molecular formula is C17H25N3O2. The number of hydrogen-bond donors (Lipinski definition) is 2. The van der Waals surface area contributed by atoms with Crippen molar-refractivity contribution >= 4 is 0 Å². The Labute approximate surface area is 131 Å². The molecule has 2 rings (SSSR count). The summed E-state index contributed by atoms with van der Waals surface area (Å²) in [6, 6.07) is 10.2. The third kappa shape index (κ3) is 4.66. The van der Waals surface area contributed by atoms with Gasteiger partial charge in [0.05, 0.1) is 26.0 Å². The third-order valence-electron chi connectivity index (χ3n) is 3.74. The van der Waals surface area contributed by atoms with Crippen molar-refractivity contribution in [3.63, 3.8) is 0 Å². The summed E-state index contributed by atoms with van der Waals surface area (Å²) in [4.78, 5) is 2.09. The number of nitrogens with zero attached hydrogens (tertiary/aromatic N) is 3. The third-order valence-corrected chi connectivity index (χ3v) is 3.74. The van der Waals surface area contributed by atoms with E-state index in [1.165, 1.54) is 5.56 Å². The van der Waals surface area contributed by atoms with E-state index < -0.39 is 5.41 Å². The van der Waals surface area contributed by atoms with Crippen molar-refractivity contribution in [3.8, 4) is 0 Å². The molecule has 0 fully saturated rings. The highest BCUT2D eigenvalue weighted by atomic mass is 16.3. The fourth-order valence-corrected chi connectivity index (χ4v) is 2.51. The van der Waals surface area contributed by atoms with E-state index in [1.807, 2.05) is 49.2 Å². The first-order chi connectivity index (χ1) is 10.5. The molecule has 0 radical (unpaired) electrons. The largest absolute Gasteiger partial charge is 0.396 e. The van der Waals surface area contributed by atoms with Crippen LogP contribution in [0.5, 0.6) is 0 Å². The lowest BCUT2D eigenvalue weighted by Gasteiger charge is -2.30. The van der Waals surface area contributed by atoms with Crippen molar-refractivity contribution in [1.82, 2.24) is 14.7 Å². The average Bonchev–Trinajstić information content (AvgIpc) is 2.95. The monoisotopic (exact) mass is 303 g/mol. The average molecular weight is 303 g/mol. The molecule has 1 aromatic heterocycles. The SMILES string of the molecule is CN(Cc1cnn(Cc2ccccc2)c1)CC(C)(CO)CO. The summed E-state index contributed by atoms with van der Waals surface area (Å²) < 4.78 is 1.93. The first-order valence-corrected chi connectivity index (χ1v) is 7.50. The second-order valence-electron chi connectivity index (χ2n) is 6.33. The number of aromatic nitrogens is 2. The van der Waals surface area contributed by atoms with E-state index in [9.17, 15) is 10.2 Å². The Hall–Kier alpha value is -1.69. The Balaban J connectivity index is 1.91. The predicted molar refractivity (Wildman–Crippen MR) is 86.4 cm³/mol. The molecule has 0 saturated carbocycles. The fourth-order valence-electron chi connectivity index (χ4n) is 2.51. The van der Waals surface area contributed by atoms with Crippen LogP contribution in [0.4, 0.5) is 0 Å². The summed E-state index contributed by atoms with van der Waals surface area (Å²) >= 11 is 0. The van der Waals surface area contributed by atoms with E-state index in [2.05, 4.69) is 22.1 Å². The maximum absolute atomic E-state index is 9.37. The first kappa shape index (κ1) is 16.7. The van der Waals surface area contributed by atoms with E-state index in [0.717, 1.165) is 18.7 Å². The van der Waals surface area contributed by atoms with Gasteiger partial charge in [0.2, 0.25) is 0 Å². The summed E-state index contributed by atoms with van der Waals surface area (Å²) in [6.07, 6.45) is 3.91. The highest BCUT2D eigenvalue weighted by Gasteiger charge is 2.24. The minimum atomic E-state index is -0.477. The van der Waals surface area contributed by atoms with Crippen LogP contribution in [0.2, 0.25) is 0 Å².